The van der Waals surface area contributed by atoms with E-state index in [1.807, 2.05) is 11.6 Å². The van der Waals surface area contributed by atoms with Crippen LogP contribution >= 0.6 is 0 Å². The Balaban J connectivity index is 2.25. The van der Waals surface area contributed by atoms with Crippen LogP contribution in [0.25, 0.3) is 0 Å². The van der Waals surface area contributed by atoms with Gasteiger partial charge in [0.15, 0.2) is 5.82 Å². The average Bonchev–Trinajstić information content (AvgIpc) is 2.65. The number of hydrogen-bond donors (Lipinski definition) is 1. The van der Waals surface area contributed by atoms with Crippen LogP contribution in [0.2, 0.25) is 0 Å². The highest BCUT2D eigenvalue weighted by molar-refractivity contribution is 5.31. The number of rotatable bonds is 3. The highest BCUT2D eigenvalue weighted by Crippen LogP contribution is 2.13. The molecule has 4 nitrogen and oxygen atoms in total. The molecule has 0 saturated carbocycles. The molecule has 0 aliphatic heterocycles. The summed E-state index contributed by atoms with van der Waals surface area (Å²) in [5, 5.41) is 17.1. The molecule has 1 aromatic heterocycles. The molecule has 1 N–H and O–H groups in total. The van der Waals surface area contributed by atoms with Gasteiger partial charge in [-0.3, -0.25) is 0 Å². The van der Waals surface area contributed by atoms with E-state index >= 15 is 0 Å². The lowest BCUT2D eigenvalue weighted by atomic mass is 10.0. The van der Waals surface area contributed by atoms with Crippen molar-refractivity contribution in [3.8, 4) is 0 Å². The molecule has 0 amide bonds. The van der Waals surface area contributed by atoms with Gasteiger partial charge < -0.3 is 9.67 Å². The van der Waals surface area contributed by atoms with E-state index in [4.69, 9.17) is 5.11 Å². The van der Waals surface area contributed by atoms with Crippen molar-refractivity contribution in [1.82, 2.24) is 14.8 Å². The molecule has 0 radical (unpaired) electrons. The van der Waals surface area contributed by atoms with E-state index in [1.165, 1.54) is 16.7 Å². The zero-order valence-electron chi connectivity index (χ0n) is 10.4. The maximum Gasteiger partial charge on any atom is 0.158 e. The Morgan fingerprint density at radius 3 is 2.41 bits per heavy atom. The molecular formula is C13H17N3O. The summed E-state index contributed by atoms with van der Waals surface area (Å²) >= 11 is 0. The molecule has 0 fully saturated rings. The summed E-state index contributed by atoms with van der Waals surface area (Å²) < 4.78 is 1.84. The summed E-state index contributed by atoms with van der Waals surface area (Å²) in [5.74, 6) is 1.47. The molecule has 0 aliphatic carbocycles. The highest BCUT2D eigenvalue weighted by atomic mass is 16.3. The number of aryl methyl sites for hydroxylation is 2. The minimum absolute atomic E-state index is 0.0730. The van der Waals surface area contributed by atoms with E-state index in [0.29, 0.717) is 5.82 Å². The first-order valence-electron chi connectivity index (χ1n) is 5.66. The molecule has 90 valence electrons. The Morgan fingerprint density at radius 2 is 1.82 bits per heavy atom. The maximum atomic E-state index is 9.06. The van der Waals surface area contributed by atoms with Crippen molar-refractivity contribution in [2.24, 2.45) is 7.05 Å². The van der Waals surface area contributed by atoms with E-state index in [9.17, 15) is 0 Å². The molecule has 17 heavy (non-hydrogen) atoms. The van der Waals surface area contributed by atoms with Crippen molar-refractivity contribution >= 4 is 0 Å². The molecule has 2 rings (SSSR count). The first-order valence-corrected chi connectivity index (χ1v) is 5.66. The lowest BCUT2D eigenvalue weighted by Crippen LogP contribution is -2.03. The SMILES string of the molecule is Cc1ccc(Cc2nnc(CO)n2C)cc1C. The van der Waals surface area contributed by atoms with Crippen LogP contribution in [-0.2, 0) is 20.1 Å². The molecule has 2 aromatic rings. The average molecular weight is 231 g/mol. The summed E-state index contributed by atoms with van der Waals surface area (Å²) in [6.45, 7) is 4.14. The molecule has 0 unspecified atom stereocenters. The summed E-state index contributed by atoms with van der Waals surface area (Å²) in [4.78, 5) is 0. The topological polar surface area (TPSA) is 50.9 Å². The van der Waals surface area contributed by atoms with Crippen molar-refractivity contribution in [2.75, 3.05) is 0 Å². The van der Waals surface area contributed by atoms with Gasteiger partial charge in [0.05, 0.1) is 0 Å². The summed E-state index contributed by atoms with van der Waals surface area (Å²) in [6.07, 6.45) is 0.741. The third-order valence-corrected chi connectivity index (χ3v) is 3.13. The summed E-state index contributed by atoms with van der Waals surface area (Å²) in [7, 11) is 1.88. The normalized spacial score (nSPS) is 10.8. The van der Waals surface area contributed by atoms with Gasteiger partial charge in [-0.1, -0.05) is 18.2 Å². The number of benzene rings is 1. The van der Waals surface area contributed by atoms with Crippen molar-refractivity contribution in [3.05, 3.63) is 46.5 Å². The first kappa shape index (κ1) is 11.8. The molecular weight excluding hydrogens is 214 g/mol. The van der Waals surface area contributed by atoms with Crippen LogP contribution in [0.3, 0.4) is 0 Å². The Morgan fingerprint density at radius 1 is 1.12 bits per heavy atom. The summed E-state index contributed by atoms with van der Waals surface area (Å²) in [5.41, 5.74) is 3.79. The van der Waals surface area contributed by atoms with Crippen molar-refractivity contribution in [3.63, 3.8) is 0 Å². The zero-order chi connectivity index (χ0) is 12.4. The van der Waals surface area contributed by atoms with E-state index < -0.39 is 0 Å². The fourth-order valence-electron chi connectivity index (χ4n) is 1.79. The van der Waals surface area contributed by atoms with Crippen molar-refractivity contribution < 1.29 is 5.11 Å². The van der Waals surface area contributed by atoms with Crippen LogP contribution in [0.15, 0.2) is 18.2 Å². The van der Waals surface area contributed by atoms with Gasteiger partial charge in [-0.15, -0.1) is 10.2 Å². The predicted octanol–water partition coefficient (Wildman–Crippen LogP) is 1.52. The Kier molecular flexibility index (Phi) is 3.24. The fourth-order valence-corrected chi connectivity index (χ4v) is 1.79. The van der Waals surface area contributed by atoms with Gasteiger partial charge in [-0.25, -0.2) is 0 Å². The standard InChI is InChI=1S/C13H17N3O/c1-9-4-5-11(6-10(9)2)7-12-14-15-13(8-17)16(12)3/h4-6,17H,7-8H2,1-3H3. The third kappa shape index (κ3) is 2.36. The van der Waals surface area contributed by atoms with E-state index in [0.717, 1.165) is 12.2 Å². The van der Waals surface area contributed by atoms with Gasteiger partial charge in [0, 0.05) is 13.5 Å². The molecule has 0 aliphatic rings. The molecule has 0 atom stereocenters. The van der Waals surface area contributed by atoms with Gasteiger partial charge in [0.25, 0.3) is 0 Å². The van der Waals surface area contributed by atoms with Crippen molar-refractivity contribution in [2.45, 2.75) is 26.9 Å². The van der Waals surface area contributed by atoms with E-state index in [-0.39, 0.29) is 6.61 Å². The van der Waals surface area contributed by atoms with Crippen LogP contribution in [0, 0.1) is 13.8 Å². The molecule has 1 aromatic carbocycles. The zero-order valence-corrected chi connectivity index (χ0v) is 10.4. The minimum Gasteiger partial charge on any atom is -0.388 e. The smallest absolute Gasteiger partial charge is 0.158 e. The van der Waals surface area contributed by atoms with Gasteiger partial charge in [-0.05, 0) is 30.5 Å². The highest BCUT2D eigenvalue weighted by Gasteiger charge is 2.08. The van der Waals surface area contributed by atoms with Crippen LogP contribution in [0.1, 0.15) is 28.3 Å². The van der Waals surface area contributed by atoms with Gasteiger partial charge in [0.1, 0.15) is 12.4 Å². The minimum atomic E-state index is -0.0730. The second-order valence-corrected chi connectivity index (χ2v) is 4.34. The number of aromatic nitrogens is 3. The molecule has 0 saturated heterocycles. The predicted molar refractivity (Wildman–Crippen MR) is 65.6 cm³/mol. The van der Waals surface area contributed by atoms with Gasteiger partial charge in [0.2, 0.25) is 0 Å². The summed E-state index contributed by atoms with van der Waals surface area (Å²) in [6, 6.07) is 6.40. The lowest BCUT2D eigenvalue weighted by Gasteiger charge is -2.05. The number of hydrogen-bond acceptors (Lipinski definition) is 3. The number of aliphatic hydroxyl groups is 1. The van der Waals surface area contributed by atoms with Crippen LogP contribution < -0.4 is 0 Å². The van der Waals surface area contributed by atoms with Crippen LogP contribution in [-0.4, -0.2) is 19.9 Å². The number of aliphatic hydroxyl groups excluding tert-OH is 1. The second kappa shape index (κ2) is 4.67. The van der Waals surface area contributed by atoms with Gasteiger partial charge in [-0.2, -0.15) is 0 Å². The second-order valence-electron chi connectivity index (χ2n) is 4.34. The fraction of sp³-hybridized carbons (Fsp3) is 0.385. The van der Waals surface area contributed by atoms with E-state index in [1.54, 1.807) is 0 Å². The molecule has 4 heteroatoms. The maximum absolute atomic E-state index is 9.06. The third-order valence-electron chi connectivity index (χ3n) is 3.13. The Labute approximate surface area is 101 Å². The van der Waals surface area contributed by atoms with E-state index in [2.05, 4.69) is 42.2 Å². The Bertz CT molecular complexity index is 531. The molecule has 0 spiro atoms. The van der Waals surface area contributed by atoms with Gasteiger partial charge >= 0.3 is 0 Å². The lowest BCUT2D eigenvalue weighted by molar-refractivity contribution is 0.266. The van der Waals surface area contributed by atoms with Crippen molar-refractivity contribution in [1.29, 1.82) is 0 Å². The number of nitrogens with zero attached hydrogens (tertiary/aromatic N) is 3. The molecule has 1 heterocycles. The molecule has 0 bridgehead atoms. The largest absolute Gasteiger partial charge is 0.388 e. The van der Waals surface area contributed by atoms with Crippen LogP contribution in [0.4, 0.5) is 0 Å². The van der Waals surface area contributed by atoms with Crippen LogP contribution in [0.5, 0.6) is 0 Å². The quantitative estimate of drug-likeness (QED) is 0.871. The first-order chi connectivity index (χ1) is 8.11. The monoisotopic (exact) mass is 231 g/mol. The Hall–Kier alpha value is -1.68.